The lowest BCUT2D eigenvalue weighted by atomic mass is 10.1. The van der Waals surface area contributed by atoms with Gasteiger partial charge in [-0.15, -0.1) is 0 Å². The number of benzene rings is 1. The number of hydrogen-bond donors (Lipinski definition) is 1. The molecule has 0 saturated carbocycles. The molecule has 2 rings (SSSR count). The van der Waals surface area contributed by atoms with Crippen LogP contribution in [0.1, 0.15) is 22.4 Å². The summed E-state index contributed by atoms with van der Waals surface area (Å²) in [5.41, 5.74) is 10.7. The number of nitrogen functional groups attached to an aromatic ring is 1. The molecule has 0 saturated heterocycles. The number of rotatable bonds is 2. The predicted molar refractivity (Wildman–Crippen MR) is 74.1 cm³/mol. The molecule has 0 spiro atoms. The van der Waals surface area contributed by atoms with Crippen molar-refractivity contribution in [3.05, 3.63) is 45.1 Å². The molecule has 0 fully saturated rings. The fourth-order valence-electron chi connectivity index (χ4n) is 2.03. The first-order valence-corrected chi connectivity index (χ1v) is 6.32. The minimum Gasteiger partial charge on any atom is -0.383 e. The Kier molecular flexibility index (Phi) is 3.24. The zero-order valence-electron chi connectivity index (χ0n) is 10.3. The van der Waals surface area contributed by atoms with Crippen LogP contribution in [-0.4, -0.2) is 9.78 Å². The second-order valence-corrected chi connectivity index (χ2v) is 5.23. The zero-order valence-corrected chi connectivity index (χ0v) is 11.9. The molecule has 17 heavy (non-hydrogen) atoms. The van der Waals surface area contributed by atoms with Crippen molar-refractivity contribution >= 4 is 21.7 Å². The minimum absolute atomic E-state index is 0.682. The van der Waals surface area contributed by atoms with Gasteiger partial charge in [0.1, 0.15) is 5.82 Å². The number of aromatic nitrogens is 2. The Morgan fingerprint density at radius 2 is 1.76 bits per heavy atom. The summed E-state index contributed by atoms with van der Waals surface area (Å²) in [6, 6.07) is 6.49. The molecule has 1 aromatic heterocycles. The van der Waals surface area contributed by atoms with Crippen LogP contribution in [0.2, 0.25) is 0 Å². The lowest BCUT2D eigenvalue weighted by molar-refractivity contribution is 0.688. The molecule has 1 aromatic carbocycles. The summed E-state index contributed by atoms with van der Waals surface area (Å²) in [6.07, 6.45) is 0. The van der Waals surface area contributed by atoms with E-state index in [0.717, 1.165) is 10.2 Å². The number of halogens is 1. The number of aryl methyl sites for hydroxylation is 3. The van der Waals surface area contributed by atoms with Gasteiger partial charge in [-0.3, -0.25) is 0 Å². The minimum atomic E-state index is 0.682. The van der Waals surface area contributed by atoms with Crippen molar-refractivity contribution in [3.63, 3.8) is 0 Å². The van der Waals surface area contributed by atoms with E-state index in [1.165, 1.54) is 16.7 Å². The first-order valence-electron chi connectivity index (χ1n) is 5.53. The Bertz CT molecular complexity index is 538. The van der Waals surface area contributed by atoms with Crippen LogP contribution in [0.15, 0.2) is 22.7 Å². The van der Waals surface area contributed by atoms with Gasteiger partial charge in [0.2, 0.25) is 0 Å². The van der Waals surface area contributed by atoms with E-state index in [-0.39, 0.29) is 0 Å². The summed E-state index contributed by atoms with van der Waals surface area (Å²) in [6.45, 7) is 6.85. The van der Waals surface area contributed by atoms with Gasteiger partial charge in [0.25, 0.3) is 0 Å². The van der Waals surface area contributed by atoms with E-state index >= 15 is 0 Å². The van der Waals surface area contributed by atoms with E-state index < -0.39 is 0 Å². The quantitative estimate of drug-likeness (QED) is 0.924. The number of nitrogens with zero attached hydrogens (tertiary/aromatic N) is 2. The van der Waals surface area contributed by atoms with Gasteiger partial charge in [0.15, 0.2) is 0 Å². The van der Waals surface area contributed by atoms with Crippen LogP contribution in [0.25, 0.3) is 0 Å². The molecule has 0 aliphatic rings. The predicted octanol–water partition coefficient (Wildman–Crippen LogP) is 3.20. The fourth-order valence-corrected chi connectivity index (χ4v) is 2.32. The van der Waals surface area contributed by atoms with E-state index in [4.69, 9.17) is 5.73 Å². The van der Waals surface area contributed by atoms with Crippen molar-refractivity contribution in [2.24, 2.45) is 0 Å². The van der Waals surface area contributed by atoms with Gasteiger partial charge in [0, 0.05) is 0 Å². The van der Waals surface area contributed by atoms with Gasteiger partial charge in [-0.2, -0.15) is 5.10 Å². The normalized spacial score (nSPS) is 10.8. The van der Waals surface area contributed by atoms with Crippen molar-refractivity contribution in [3.8, 4) is 0 Å². The average molecular weight is 294 g/mol. The topological polar surface area (TPSA) is 43.8 Å². The van der Waals surface area contributed by atoms with E-state index in [0.29, 0.717) is 12.4 Å². The maximum atomic E-state index is 5.98. The molecule has 0 aliphatic carbocycles. The Morgan fingerprint density at radius 1 is 1.18 bits per heavy atom. The molecule has 0 aliphatic heterocycles. The molecule has 2 N–H and O–H groups in total. The lowest BCUT2D eigenvalue weighted by Gasteiger charge is -2.07. The molecule has 0 bridgehead atoms. The third-order valence-corrected chi connectivity index (χ3v) is 3.69. The van der Waals surface area contributed by atoms with Gasteiger partial charge in [-0.05, 0) is 42.3 Å². The molecule has 0 amide bonds. The average Bonchev–Trinajstić information content (AvgIpc) is 2.45. The highest BCUT2D eigenvalue weighted by Gasteiger charge is 2.09. The molecule has 4 heteroatoms. The van der Waals surface area contributed by atoms with Crippen LogP contribution in [0.4, 0.5) is 5.82 Å². The van der Waals surface area contributed by atoms with Crippen molar-refractivity contribution in [2.75, 3.05) is 5.73 Å². The summed E-state index contributed by atoms with van der Waals surface area (Å²) in [5, 5.41) is 4.41. The number of hydrogen-bond acceptors (Lipinski definition) is 2. The Morgan fingerprint density at radius 3 is 2.24 bits per heavy atom. The van der Waals surface area contributed by atoms with Crippen molar-refractivity contribution in [1.82, 2.24) is 9.78 Å². The highest BCUT2D eigenvalue weighted by Crippen LogP contribution is 2.23. The molecule has 3 nitrogen and oxygen atoms in total. The molecule has 0 atom stereocenters. The first-order chi connectivity index (χ1) is 7.97. The Balaban J connectivity index is 2.34. The van der Waals surface area contributed by atoms with Crippen LogP contribution in [0.5, 0.6) is 0 Å². The highest BCUT2D eigenvalue weighted by atomic mass is 79.9. The van der Waals surface area contributed by atoms with Crippen LogP contribution >= 0.6 is 15.9 Å². The lowest BCUT2D eigenvalue weighted by Crippen LogP contribution is -2.06. The number of nitrogens with two attached hydrogens (primary N) is 1. The summed E-state index contributed by atoms with van der Waals surface area (Å²) in [7, 11) is 0. The second kappa shape index (κ2) is 4.53. The van der Waals surface area contributed by atoms with Crippen molar-refractivity contribution in [1.29, 1.82) is 0 Å². The third kappa shape index (κ3) is 2.52. The standard InChI is InChI=1S/C13H16BrN3/c1-8-4-9(2)6-11(5-8)7-17-13(15)12(14)10(3)16-17/h4-6H,7,15H2,1-3H3. The van der Waals surface area contributed by atoms with Crippen LogP contribution in [0.3, 0.4) is 0 Å². The second-order valence-electron chi connectivity index (χ2n) is 4.44. The highest BCUT2D eigenvalue weighted by molar-refractivity contribution is 9.10. The molecule has 2 aromatic rings. The van der Waals surface area contributed by atoms with E-state index in [1.807, 2.05) is 11.6 Å². The Labute approximate surface area is 110 Å². The summed E-state index contributed by atoms with van der Waals surface area (Å²) >= 11 is 3.43. The van der Waals surface area contributed by atoms with Crippen molar-refractivity contribution < 1.29 is 0 Å². The SMILES string of the molecule is Cc1cc(C)cc(Cn2nc(C)c(Br)c2N)c1. The maximum absolute atomic E-state index is 5.98. The van der Waals surface area contributed by atoms with Gasteiger partial charge >= 0.3 is 0 Å². The van der Waals surface area contributed by atoms with Gasteiger partial charge in [-0.1, -0.05) is 29.3 Å². The largest absolute Gasteiger partial charge is 0.383 e. The number of anilines is 1. The molecular weight excluding hydrogens is 278 g/mol. The van der Waals surface area contributed by atoms with E-state index in [9.17, 15) is 0 Å². The van der Waals surface area contributed by atoms with Crippen LogP contribution < -0.4 is 5.73 Å². The van der Waals surface area contributed by atoms with E-state index in [1.54, 1.807) is 0 Å². The van der Waals surface area contributed by atoms with Gasteiger partial charge in [0.05, 0.1) is 16.7 Å². The molecule has 0 radical (unpaired) electrons. The molecule has 90 valence electrons. The third-order valence-electron chi connectivity index (χ3n) is 2.71. The summed E-state index contributed by atoms with van der Waals surface area (Å²) < 4.78 is 2.72. The van der Waals surface area contributed by atoms with Crippen LogP contribution in [0, 0.1) is 20.8 Å². The molecule has 1 heterocycles. The van der Waals surface area contributed by atoms with Crippen LogP contribution in [-0.2, 0) is 6.54 Å². The smallest absolute Gasteiger partial charge is 0.136 e. The monoisotopic (exact) mass is 293 g/mol. The zero-order chi connectivity index (χ0) is 12.6. The Hall–Kier alpha value is -1.29. The van der Waals surface area contributed by atoms with Crippen molar-refractivity contribution in [2.45, 2.75) is 27.3 Å². The summed E-state index contributed by atoms with van der Waals surface area (Å²) in [4.78, 5) is 0. The van der Waals surface area contributed by atoms with Gasteiger partial charge < -0.3 is 5.73 Å². The first kappa shape index (κ1) is 12.2. The molecule has 0 unspecified atom stereocenters. The maximum Gasteiger partial charge on any atom is 0.136 e. The summed E-state index contributed by atoms with van der Waals surface area (Å²) in [5.74, 6) is 0.682. The van der Waals surface area contributed by atoms with Gasteiger partial charge in [-0.25, -0.2) is 4.68 Å². The fraction of sp³-hybridized carbons (Fsp3) is 0.308. The molecular formula is C13H16BrN3. The van der Waals surface area contributed by atoms with E-state index in [2.05, 4.69) is 53.1 Å².